The highest BCUT2D eigenvalue weighted by Crippen LogP contribution is 2.13. The lowest BCUT2D eigenvalue weighted by Gasteiger charge is -2.22. The summed E-state index contributed by atoms with van der Waals surface area (Å²) in [5, 5.41) is 11.8. The van der Waals surface area contributed by atoms with Crippen LogP contribution in [-0.4, -0.2) is 50.7 Å². The van der Waals surface area contributed by atoms with Crippen LogP contribution in [0.4, 0.5) is 4.79 Å². The average molecular weight is 573 g/mol. The SMILES string of the molecule is CNC(=O)/C=C/[C@H](Cc1ccccc1)NC(=O)[C@H](CCCNC(=O)OCc1ccccc1)NCc1cccc(OC)c1. The highest BCUT2D eigenvalue weighted by Gasteiger charge is 2.21. The van der Waals surface area contributed by atoms with Gasteiger partial charge < -0.3 is 30.7 Å². The zero-order valence-corrected chi connectivity index (χ0v) is 24.2. The lowest BCUT2D eigenvalue weighted by atomic mass is 10.0. The quantitative estimate of drug-likeness (QED) is 0.153. The molecule has 0 aliphatic heterocycles. The number of hydrogen-bond acceptors (Lipinski definition) is 6. The second-order valence-electron chi connectivity index (χ2n) is 9.69. The number of alkyl carbamates (subject to hydrolysis) is 1. The van der Waals surface area contributed by atoms with E-state index in [0.29, 0.717) is 32.4 Å². The summed E-state index contributed by atoms with van der Waals surface area (Å²) >= 11 is 0. The Balaban J connectivity index is 1.62. The summed E-state index contributed by atoms with van der Waals surface area (Å²) in [5.74, 6) is 0.281. The summed E-state index contributed by atoms with van der Waals surface area (Å²) in [6.07, 6.45) is 4.15. The minimum absolute atomic E-state index is 0.187. The standard InChI is InChI=1S/C33H40N4O5/c1-34-31(38)19-18-28(21-25-11-5-3-6-12-25)37-32(39)30(36-23-27-15-9-16-29(22-27)41-2)17-10-20-35-33(40)42-24-26-13-7-4-8-14-26/h3-9,11-16,18-19,22,28,30,36H,10,17,20-21,23-24H2,1-2H3,(H,34,38)(H,35,40)(H,37,39)/b19-18+/t28-,30+/m1/s1. The normalized spacial score (nSPS) is 12.2. The van der Waals surface area contributed by atoms with Gasteiger partial charge >= 0.3 is 6.09 Å². The van der Waals surface area contributed by atoms with Gasteiger partial charge in [-0.1, -0.05) is 78.9 Å². The number of hydrogen-bond donors (Lipinski definition) is 4. The van der Waals surface area contributed by atoms with Crippen molar-refractivity contribution < 1.29 is 23.9 Å². The first-order valence-corrected chi connectivity index (χ1v) is 14.0. The maximum Gasteiger partial charge on any atom is 0.407 e. The Bertz CT molecular complexity index is 1280. The maximum atomic E-state index is 13.5. The van der Waals surface area contributed by atoms with Gasteiger partial charge in [0, 0.05) is 26.2 Å². The Morgan fingerprint density at radius 1 is 0.881 bits per heavy atom. The third-order valence-electron chi connectivity index (χ3n) is 6.51. The Labute approximate surface area is 247 Å². The summed E-state index contributed by atoms with van der Waals surface area (Å²) < 4.78 is 10.6. The third-order valence-corrected chi connectivity index (χ3v) is 6.51. The zero-order chi connectivity index (χ0) is 30.0. The lowest BCUT2D eigenvalue weighted by molar-refractivity contribution is -0.124. The van der Waals surface area contributed by atoms with Crippen LogP contribution >= 0.6 is 0 Å². The molecule has 9 heteroatoms. The fourth-order valence-corrected chi connectivity index (χ4v) is 4.23. The van der Waals surface area contributed by atoms with E-state index >= 15 is 0 Å². The van der Waals surface area contributed by atoms with E-state index in [2.05, 4.69) is 21.3 Å². The smallest absolute Gasteiger partial charge is 0.407 e. The van der Waals surface area contributed by atoms with Crippen molar-refractivity contribution in [2.75, 3.05) is 20.7 Å². The van der Waals surface area contributed by atoms with Crippen molar-refractivity contribution in [3.05, 3.63) is 114 Å². The summed E-state index contributed by atoms with van der Waals surface area (Å²) in [6.45, 7) is 0.980. The number of nitrogens with one attached hydrogen (secondary N) is 4. The fourth-order valence-electron chi connectivity index (χ4n) is 4.23. The average Bonchev–Trinajstić information content (AvgIpc) is 3.03. The van der Waals surface area contributed by atoms with Crippen molar-refractivity contribution in [3.8, 4) is 5.75 Å². The first kappa shape index (κ1) is 31.9. The molecule has 2 atom stereocenters. The molecule has 0 heterocycles. The predicted molar refractivity (Wildman–Crippen MR) is 163 cm³/mol. The molecule has 0 fully saturated rings. The number of carbonyl (C=O) groups excluding carboxylic acids is 3. The molecule has 0 aromatic heterocycles. The van der Waals surface area contributed by atoms with Crippen LogP contribution in [0.2, 0.25) is 0 Å². The van der Waals surface area contributed by atoms with Gasteiger partial charge in [-0.2, -0.15) is 0 Å². The van der Waals surface area contributed by atoms with E-state index in [1.165, 1.54) is 6.08 Å². The minimum Gasteiger partial charge on any atom is -0.497 e. The van der Waals surface area contributed by atoms with Gasteiger partial charge in [0.05, 0.1) is 19.2 Å². The van der Waals surface area contributed by atoms with E-state index in [1.54, 1.807) is 20.2 Å². The van der Waals surface area contributed by atoms with E-state index in [0.717, 1.165) is 22.4 Å². The fraction of sp³-hybridized carbons (Fsp3) is 0.303. The molecule has 4 N–H and O–H groups in total. The first-order valence-electron chi connectivity index (χ1n) is 14.0. The van der Waals surface area contributed by atoms with Crippen molar-refractivity contribution in [1.82, 2.24) is 21.3 Å². The predicted octanol–water partition coefficient (Wildman–Crippen LogP) is 3.89. The van der Waals surface area contributed by atoms with Crippen LogP contribution in [0.5, 0.6) is 5.75 Å². The van der Waals surface area contributed by atoms with Gasteiger partial charge in [0.25, 0.3) is 0 Å². The number of carbonyl (C=O) groups is 3. The molecule has 3 aromatic carbocycles. The minimum atomic E-state index is -0.551. The topological polar surface area (TPSA) is 118 Å². The second-order valence-corrected chi connectivity index (χ2v) is 9.69. The summed E-state index contributed by atoms with van der Waals surface area (Å²) in [4.78, 5) is 37.6. The van der Waals surface area contributed by atoms with Gasteiger partial charge in [0.2, 0.25) is 11.8 Å². The van der Waals surface area contributed by atoms with Crippen LogP contribution in [0.3, 0.4) is 0 Å². The monoisotopic (exact) mass is 572 g/mol. The highest BCUT2D eigenvalue weighted by molar-refractivity contribution is 5.87. The first-order chi connectivity index (χ1) is 20.5. The highest BCUT2D eigenvalue weighted by atomic mass is 16.5. The van der Waals surface area contributed by atoms with Crippen molar-refractivity contribution in [2.24, 2.45) is 0 Å². The number of amides is 3. The van der Waals surface area contributed by atoms with Crippen LogP contribution in [0.1, 0.15) is 29.5 Å². The van der Waals surface area contributed by atoms with Crippen molar-refractivity contribution >= 4 is 17.9 Å². The summed E-state index contributed by atoms with van der Waals surface area (Å²) in [7, 11) is 3.17. The van der Waals surface area contributed by atoms with Gasteiger partial charge in [-0.15, -0.1) is 0 Å². The molecule has 0 radical (unpaired) electrons. The van der Waals surface area contributed by atoms with Gasteiger partial charge in [-0.25, -0.2) is 4.79 Å². The van der Waals surface area contributed by atoms with Crippen LogP contribution in [0, 0.1) is 0 Å². The molecule has 3 rings (SSSR count). The second kappa shape index (κ2) is 17.9. The Hall–Kier alpha value is -4.63. The molecule has 0 saturated carbocycles. The molecule has 222 valence electrons. The van der Waals surface area contributed by atoms with E-state index in [4.69, 9.17) is 9.47 Å². The number of ether oxygens (including phenoxy) is 2. The van der Waals surface area contributed by atoms with E-state index in [1.807, 2.05) is 84.9 Å². The van der Waals surface area contributed by atoms with E-state index in [9.17, 15) is 14.4 Å². The molecule has 3 aromatic rings. The molecule has 3 amide bonds. The molecule has 0 aliphatic carbocycles. The molecule has 0 spiro atoms. The number of likely N-dealkylation sites (N-methyl/N-ethyl adjacent to an activating group) is 1. The van der Waals surface area contributed by atoms with E-state index in [-0.39, 0.29) is 18.4 Å². The van der Waals surface area contributed by atoms with Gasteiger partial charge in [-0.3, -0.25) is 9.59 Å². The Morgan fingerprint density at radius 3 is 2.26 bits per heavy atom. The van der Waals surface area contributed by atoms with Crippen LogP contribution in [0.15, 0.2) is 97.1 Å². The molecule has 0 unspecified atom stereocenters. The number of methoxy groups -OCH3 is 1. The van der Waals surface area contributed by atoms with Crippen LogP contribution in [-0.2, 0) is 33.9 Å². The summed E-state index contributed by atoms with van der Waals surface area (Å²) in [5.41, 5.74) is 2.90. The summed E-state index contributed by atoms with van der Waals surface area (Å²) in [6, 6.07) is 25.9. The molecular weight excluding hydrogens is 532 g/mol. The zero-order valence-electron chi connectivity index (χ0n) is 24.2. The van der Waals surface area contributed by atoms with Crippen molar-refractivity contribution in [2.45, 2.75) is 44.5 Å². The molecule has 0 saturated heterocycles. The molecule has 42 heavy (non-hydrogen) atoms. The van der Waals surface area contributed by atoms with E-state index < -0.39 is 18.2 Å². The molecule has 0 bridgehead atoms. The number of benzene rings is 3. The van der Waals surface area contributed by atoms with Crippen molar-refractivity contribution in [3.63, 3.8) is 0 Å². The largest absolute Gasteiger partial charge is 0.497 e. The van der Waals surface area contributed by atoms with Crippen LogP contribution in [0.25, 0.3) is 0 Å². The molecular formula is C33H40N4O5. The third kappa shape index (κ3) is 11.9. The lowest BCUT2D eigenvalue weighted by Crippen LogP contribution is -2.48. The Morgan fingerprint density at radius 2 is 1.57 bits per heavy atom. The Kier molecular flexibility index (Phi) is 13.6. The van der Waals surface area contributed by atoms with Crippen molar-refractivity contribution in [1.29, 1.82) is 0 Å². The molecule has 0 aliphatic rings. The number of rotatable bonds is 16. The van der Waals surface area contributed by atoms with Gasteiger partial charge in [0.1, 0.15) is 12.4 Å². The maximum absolute atomic E-state index is 13.5. The van der Waals surface area contributed by atoms with Gasteiger partial charge in [-0.05, 0) is 48.1 Å². The van der Waals surface area contributed by atoms with Gasteiger partial charge in [0.15, 0.2) is 0 Å². The van der Waals surface area contributed by atoms with Crippen LogP contribution < -0.4 is 26.0 Å². The molecule has 9 nitrogen and oxygen atoms in total.